The van der Waals surface area contributed by atoms with Gasteiger partial charge in [-0.05, 0) is 19.6 Å². The Bertz CT molecular complexity index is 133. The number of hydrogen-bond donors (Lipinski definition) is 0. The van der Waals surface area contributed by atoms with Crippen LogP contribution < -0.4 is 0 Å². The molecule has 1 nitrogen and oxygen atoms in total. The topological polar surface area (TPSA) is 17.1 Å². The second-order valence-electron chi connectivity index (χ2n) is 2.87. The zero-order chi connectivity index (χ0) is 6.91. The summed E-state index contributed by atoms with van der Waals surface area (Å²) in [5.41, 5.74) is 0. The van der Waals surface area contributed by atoms with Gasteiger partial charge in [0.1, 0.15) is 5.78 Å². The Balaban J connectivity index is 2.54. The number of carbonyl (C=O) groups excluding carboxylic acids is 1. The van der Waals surface area contributed by atoms with Gasteiger partial charge in [0, 0.05) is 17.6 Å². The maximum absolute atomic E-state index is 10.8. The Morgan fingerprint density at radius 3 is 2.56 bits per heavy atom. The van der Waals surface area contributed by atoms with Crippen molar-refractivity contribution in [2.75, 3.05) is 6.26 Å². The van der Waals surface area contributed by atoms with Crippen LogP contribution in [-0.4, -0.2) is 16.8 Å². The van der Waals surface area contributed by atoms with E-state index in [0.717, 1.165) is 19.3 Å². The Morgan fingerprint density at radius 2 is 2.33 bits per heavy atom. The maximum Gasteiger partial charge on any atom is 0.134 e. The minimum Gasteiger partial charge on any atom is -0.300 e. The summed E-state index contributed by atoms with van der Waals surface area (Å²) in [6, 6.07) is 0. The van der Waals surface area contributed by atoms with E-state index in [1.54, 1.807) is 0 Å². The number of hydrogen-bond acceptors (Lipinski definition) is 2. The standard InChI is InChI=1S/C7H12OS/c1-7(9-2)4-3-6(8)5-7/h3-5H2,1-2H3. The molecule has 0 aromatic carbocycles. The monoisotopic (exact) mass is 144 g/mol. The van der Waals surface area contributed by atoms with E-state index in [4.69, 9.17) is 0 Å². The first-order chi connectivity index (χ1) is 4.16. The lowest BCUT2D eigenvalue weighted by Gasteiger charge is -2.17. The number of thioether (sulfide) groups is 1. The number of carbonyl (C=O) groups is 1. The first kappa shape index (κ1) is 7.13. The van der Waals surface area contributed by atoms with Crippen LogP contribution in [0.5, 0.6) is 0 Å². The molecule has 0 bridgehead atoms. The van der Waals surface area contributed by atoms with Gasteiger partial charge in [-0.25, -0.2) is 0 Å². The van der Waals surface area contributed by atoms with Crippen molar-refractivity contribution in [3.05, 3.63) is 0 Å². The first-order valence-corrected chi connectivity index (χ1v) is 4.46. The lowest BCUT2D eigenvalue weighted by atomic mass is 10.1. The van der Waals surface area contributed by atoms with Crippen molar-refractivity contribution in [2.45, 2.75) is 30.9 Å². The van der Waals surface area contributed by atoms with Crippen molar-refractivity contribution in [2.24, 2.45) is 0 Å². The quantitative estimate of drug-likeness (QED) is 0.558. The molecule has 2 heteroatoms. The Labute approximate surface area is 60.2 Å². The molecule has 0 spiro atoms. The van der Waals surface area contributed by atoms with Crippen LogP contribution in [0.4, 0.5) is 0 Å². The van der Waals surface area contributed by atoms with Crippen LogP contribution in [0.3, 0.4) is 0 Å². The van der Waals surface area contributed by atoms with E-state index >= 15 is 0 Å². The Morgan fingerprint density at radius 1 is 1.67 bits per heavy atom. The van der Waals surface area contributed by atoms with Gasteiger partial charge in [0.2, 0.25) is 0 Å². The van der Waals surface area contributed by atoms with Gasteiger partial charge in [0.25, 0.3) is 0 Å². The molecule has 0 radical (unpaired) electrons. The second-order valence-corrected chi connectivity index (χ2v) is 4.26. The van der Waals surface area contributed by atoms with Gasteiger partial charge in [-0.15, -0.1) is 0 Å². The van der Waals surface area contributed by atoms with E-state index in [1.165, 1.54) is 0 Å². The van der Waals surface area contributed by atoms with Crippen LogP contribution in [-0.2, 0) is 4.79 Å². The normalized spacial score (nSPS) is 35.6. The molecule has 0 aromatic heterocycles. The van der Waals surface area contributed by atoms with Crippen LogP contribution in [0.2, 0.25) is 0 Å². The average molecular weight is 144 g/mol. The highest BCUT2D eigenvalue weighted by atomic mass is 32.2. The predicted molar refractivity (Wildman–Crippen MR) is 40.8 cm³/mol. The fourth-order valence-electron chi connectivity index (χ4n) is 1.17. The van der Waals surface area contributed by atoms with Crippen LogP contribution in [0.25, 0.3) is 0 Å². The van der Waals surface area contributed by atoms with Crippen molar-refractivity contribution in [1.29, 1.82) is 0 Å². The highest BCUT2D eigenvalue weighted by Crippen LogP contribution is 2.37. The van der Waals surface area contributed by atoms with Crippen LogP contribution >= 0.6 is 11.8 Å². The Kier molecular flexibility index (Phi) is 1.85. The van der Waals surface area contributed by atoms with Crippen molar-refractivity contribution >= 4 is 17.5 Å². The summed E-state index contributed by atoms with van der Waals surface area (Å²) in [4.78, 5) is 10.8. The van der Waals surface area contributed by atoms with Crippen molar-refractivity contribution in [1.82, 2.24) is 0 Å². The molecule has 1 aliphatic rings. The molecule has 1 unspecified atom stereocenters. The molecule has 1 fully saturated rings. The van der Waals surface area contributed by atoms with E-state index in [2.05, 4.69) is 13.2 Å². The molecular formula is C7H12OS. The molecule has 1 saturated carbocycles. The number of rotatable bonds is 1. The van der Waals surface area contributed by atoms with Gasteiger partial charge >= 0.3 is 0 Å². The van der Waals surface area contributed by atoms with Crippen LogP contribution in [0.1, 0.15) is 26.2 Å². The lowest BCUT2D eigenvalue weighted by molar-refractivity contribution is -0.117. The molecule has 1 rings (SSSR count). The molecule has 52 valence electrons. The zero-order valence-corrected chi connectivity index (χ0v) is 6.75. The summed E-state index contributed by atoms with van der Waals surface area (Å²) in [5, 5.41) is 0. The summed E-state index contributed by atoms with van der Waals surface area (Å²) in [5.74, 6) is 0.437. The van der Waals surface area contributed by atoms with Crippen molar-refractivity contribution in [3.8, 4) is 0 Å². The second kappa shape index (κ2) is 2.33. The summed E-state index contributed by atoms with van der Waals surface area (Å²) in [6.45, 7) is 2.17. The molecule has 0 saturated heterocycles. The number of Topliss-reactive ketones (excluding diaryl/α,β-unsaturated/α-hetero) is 1. The molecule has 0 amide bonds. The van der Waals surface area contributed by atoms with E-state index in [-0.39, 0.29) is 4.75 Å². The summed E-state index contributed by atoms with van der Waals surface area (Å²) in [6.07, 6.45) is 4.75. The SMILES string of the molecule is CSC1(C)CCC(=O)C1. The van der Waals surface area contributed by atoms with E-state index in [9.17, 15) is 4.79 Å². The third-order valence-corrected chi connectivity index (χ3v) is 3.33. The van der Waals surface area contributed by atoms with Gasteiger partial charge in [-0.1, -0.05) is 0 Å². The first-order valence-electron chi connectivity index (χ1n) is 3.23. The zero-order valence-electron chi connectivity index (χ0n) is 5.94. The van der Waals surface area contributed by atoms with E-state index in [1.807, 2.05) is 11.8 Å². The summed E-state index contributed by atoms with van der Waals surface area (Å²) >= 11 is 1.82. The fourth-order valence-corrected chi connectivity index (χ4v) is 1.78. The van der Waals surface area contributed by atoms with Crippen molar-refractivity contribution in [3.63, 3.8) is 0 Å². The minimum absolute atomic E-state index is 0.275. The largest absolute Gasteiger partial charge is 0.300 e. The molecule has 1 atom stereocenters. The molecule has 0 N–H and O–H groups in total. The van der Waals surface area contributed by atoms with E-state index < -0.39 is 0 Å². The molecule has 1 aliphatic carbocycles. The van der Waals surface area contributed by atoms with Crippen LogP contribution in [0.15, 0.2) is 0 Å². The smallest absolute Gasteiger partial charge is 0.134 e. The van der Waals surface area contributed by atoms with Gasteiger partial charge < -0.3 is 0 Å². The van der Waals surface area contributed by atoms with Gasteiger partial charge in [0.05, 0.1) is 0 Å². The third kappa shape index (κ3) is 1.48. The molecular weight excluding hydrogens is 132 g/mol. The van der Waals surface area contributed by atoms with Crippen molar-refractivity contribution < 1.29 is 4.79 Å². The molecule has 0 heterocycles. The van der Waals surface area contributed by atoms with Gasteiger partial charge in [-0.3, -0.25) is 4.79 Å². The van der Waals surface area contributed by atoms with Gasteiger partial charge in [0.15, 0.2) is 0 Å². The molecule has 0 aliphatic heterocycles. The number of ketones is 1. The lowest BCUT2D eigenvalue weighted by Crippen LogP contribution is -2.13. The minimum atomic E-state index is 0.275. The molecule has 0 aromatic rings. The summed E-state index contributed by atoms with van der Waals surface area (Å²) in [7, 11) is 0. The highest BCUT2D eigenvalue weighted by Gasteiger charge is 2.32. The summed E-state index contributed by atoms with van der Waals surface area (Å²) < 4.78 is 0.275. The van der Waals surface area contributed by atoms with Gasteiger partial charge in [-0.2, -0.15) is 11.8 Å². The predicted octanol–water partition coefficient (Wildman–Crippen LogP) is 1.86. The average Bonchev–Trinajstić information content (AvgIpc) is 2.13. The maximum atomic E-state index is 10.8. The van der Waals surface area contributed by atoms with Crippen LogP contribution in [0, 0.1) is 0 Å². The van der Waals surface area contributed by atoms with E-state index in [0.29, 0.717) is 5.78 Å². The fraction of sp³-hybridized carbons (Fsp3) is 0.857. The third-order valence-electron chi connectivity index (χ3n) is 2.00. The Hall–Kier alpha value is 0.0200. The highest BCUT2D eigenvalue weighted by molar-refractivity contribution is 8.00. The molecule has 9 heavy (non-hydrogen) atoms.